The first-order valence-electron chi connectivity index (χ1n) is 7.11. The van der Waals surface area contributed by atoms with Crippen molar-refractivity contribution in [3.05, 3.63) is 70.7 Å². The number of anilines is 1. The summed E-state index contributed by atoms with van der Waals surface area (Å²) in [5, 5.41) is 5.85. The van der Waals surface area contributed by atoms with E-state index in [9.17, 15) is 0 Å². The number of hydrogen-bond donors (Lipinski definition) is 1. The maximum absolute atomic E-state index is 3.43. The predicted octanol–water partition coefficient (Wildman–Crippen LogP) is 1.80. The van der Waals surface area contributed by atoms with Crippen LogP contribution < -0.4 is 26.9 Å². The van der Waals surface area contributed by atoms with Gasteiger partial charge in [0.2, 0.25) is 5.52 Å². The molecule has 5 heteroatoms. The summed E-state index contributed by atoms with van der Waals surface area (Å²) in [6.45, 7) is 0. The molecule has 1 N–H and O–H groups in total. The minimum atomic E-state index is 0. The van der Waals surface area contributed by atoms with Crippen molar-refractivity contribution in [1.82, 2.24) is 0 Å². The van der Waals surface area contributed by atoms with Gasteiger partial charge in [0.1, 0.15) is 11.7 Å². The van der Waals surface area contributed by atoms with Crippen LogP contribution in [-0.2, 0) is 7.05 Å². The molecule has 0 saturated carbocycles. The Kier molecular flexibility index (Phi) is 4.90. The zero-order valence-electron chi connectivity index (χ0n) is 12.5. The summed E-state index contributed by atoms with van der Waals surface area (Å²) in [5.41, 5.74) is 2.47. The van der Waals surface area contributed by atoms with E-state index in [1.807, 2.05) is 11.3 Å². The molecule has 2 aromatic carbocycles. The Morgan fingerprint density at radius 1 is 1.04 bits per heavy atom. The minimum absolute atomic E-state index is 0. The summed E-state index contributed by atoms with van der Waals surface area (Å²) in [7, 11) is 2.12. The van der Waals surface area contributed by atoms with Gasteiger partial charge in [-0.15, -0.1) is 0 Å². The predicted molar refractivity (Wildman–Crippen MR) is 96.0 cm³/mol. The second kappa shape index (κ2) is 6.91. The number of thioether (sulfide) groups is 1. The number of aromatic nitrogens is 1. The van der Waals surface area contributed by atoms with Gasteiger partial charge in [-0.05, 0) is 24.3 Å². The molecule has 4 rings (SSSR count). The zero-order valence-corrected chi connectivity index (χ0v) is 15.7. The summed E-state index contributed by atoms with van der Waals surface area (Å²) in [4.78, 5) is 1.29. The molecule has 0 aliphatic carbocycles. The van der Waals surface area contributed by atoms with E-state index in [1.54, 1.807) is 11.8 Å². The van der Waals surface area contributed by atoms with Crippen molar-refractivity contribution in [3.8, 4) is 0 Å². The van der Waals surface area contributed by atoms with Gasteiger partial charge in [-0.25, -0.2) is 0 Å². The second-order valence-electron chi connectivity index (χ2n) is 5.08. The van der Waals surface area contributed by atoms with Crippen molar-refractivity contribution in [2.45, 2.75) is 4.90 Å². The number of nitrogens with one attached hydrogen (secondary N) is 1. The number of para-hydroxylation sites is 2. The lowest BCUT2D eigenvalue weighted by Crippen LogP contribution is -3.00. The second-order valence-corrected chi connectivity index (χ2v) is 7.23. The molecule has 0 saturated heterocycles. The topological polar surface area (TPSA) is 15.9 Å². The summed E-state index contributed by atoms with van der Waals surface area (Å²) in [6, 6.07) is 16.9. The number of allylic oxidation sites excluding steroid dienone is 2. The van der Waals surface area contributed by atoms with Gasteiger partial charge in [0, 0.05) is 17.0 Å². The van der Waals surface area contributed by atoms with Crippen molar-refractivity contribution in [2.24, 2.45) is 7.05 Å². The number of rotatable bonds is 2. The van der Waals surface area contributed by atoms with E-state index in [1.165, 1.54) is 30.8 Å². The molecular formula is C18H15BrN2S2. The molecule has 0 spiro atoms. The lowest BCUT2D eigenvalue weighted by atomic mass is 10.3. The molecule has 1 aliphatic heterocycles. The van der Waals surface area contributed by atoms with E-state index in [2.05, 4.69) is 83.7 Å². The number of nitrogens with zero attached hydrogens (tertiary/aromatic N) is 1. The van der Waals surface area contributed by atoms with Gasteiger partial charge in [0.15, 0.2) is 0 Å². The molecular weight excluding hydrogens is 388 g/mol. The van der Waals surface area contributed by atoms with Crippen LogP contribution in [0.1, 0.15) is 5.01 Å². The fourth-order valence-corrected chi connectivity index (χ4v) is 4.48. The lowest BCUT2D eigenvalue weighted by Gasteiger charge is -1.95. The van der Waals surface area contributed by atoms with Crippen molar-refractivity contribution in [1.29, 1.82) is 0 Å². The highest BCUT2D eigenvalue weighted by Gasteiger charge is 2.15. The van der Waals surface area contributed by atoms with Gasteiger partial charge >= 0.3 is 0 Å². The zero-order chi connectivity index (χ0) is 14.9. The van der Waals surface area contributed by atoms with Crippen molar-refractivity contribution >= 4 is 45.1 Å². The van der Waals surface area contributed by atoms with Gasteiger partial charge in [0.25, 0.3) is 5.01 Å². The SMILES string of the molecule is C[n+]1c(C=CC=C2Nc3ccccc3S2)sc2ccccc21.[Br-]. The minimum Gasteiger partial charge on any atom is -1.00 e. The fourth-order valence-electron chi connectivity index (χ4n) is 2.50. The Bertz CT molecular complexity index is 885. The maximum Gasteiger partial charge on any atom is 0.262 e. The molecule has 0 fully saturated rings. The molecule has 0 amide bonds. The molecule has 2 heterocycles. The third kappa shape index (κ3) is 3.22. The Balaban J connectivity index is 0.00000156. The smallest absolute Gasteiger partial charge is 0.262 e. The van der Waals surface area contributed by atoms with Crippen LogP contribution in [0.25, 0.3) is 16.3 Å². The van der Waals surface area contributed by atoms with Gasteiger partial charge < -0.3 is 22.3 Å². The lowest BCUT2D eigenvalue weighted by molar-refractivity contribution is -0.642. The van der Waals surface area contributed by atoms with Crippen molar-refractivity contribution < 1.29 is 21.5 Å². The van der Waals surface area contributed by atoms with E-state index >= 15 is 0 Å². The summed E-state index contributed by atoms with van der Waals surface area (Å²) in [6.07, 6.45) is 6.42. The largest absolute Gasteiger partial charge is 1.00 e. The van der Waals surface area contributed by atoms with Crippen LogP contribution >= 0.6 is 23.1 Å². The number of halogens is 1. The van der Waals surface area contributed by atoms with Gasteiger partial charge in [0.05, 0.1) is 10.7 Å². The summed E-state index contributed by atoms with van der Waals surface area (Å²) in [5.74, 6) is 0. The van der Waals surface area contributed by atoms with Crippen LogP contribution in [-0.4, -0.2) is 0 Å². The van der Waals surface area contributed by atoms with Gasteiger partial charge in [-0.1, -0.05) is 53.4 Å². The molecule has 0 atom stereocenters. The molecule has 23 heavy (non-hydrogen) atoms. The summed E-state index contributed by atoms with van der Waals surface area (Å²) < 4.78 is 3.55. The van der Waals surface area contributed by atoms with Crippen molar-refractivity contribution in [2.75, 3.05) is 5.32 Å². The maximum atomic E-state index is 3.43. The number of thiazole rings is 1. The monoisotopic (exact) mass is 402 g/mol. The average molecular weight is 403 g/mol. The van der Waals surface area contributed by atoms with E-state index in [0.717, 1.165) is 0 Å². The molecule has 0 radical (unpaired) electrons. The van der Waals surface area contributed by atoms with Crippen LogP contribution in [0.4, 0.5) is 5.69 Å². The van der Waals surface area contributed by atoms with E-state index in [0.29, 0.717) is 0 Å². The number of benzene rings is 2. The van der Waals surface area contributed by atoms with E-state index in [4.69, 9.17) is 0 Å². The first kappa shape index (κ1) is 16.3. The molecule has 116 valence electrons. The van der Waals surface area contributed by atoms with E-state index in [-0.39, 0.29) is 17.0 Å². The van der Waals surface area contributed by atoms with Crippen LogP contribution in [0.5, 0.6) is 0 Å². The molecule has 1 aliphatic rings. The molecule has 0 bridgehead atoms. The molecule has 0 unspecified atom stereocenters. The van der Waals surface area contributed by atoms with Crippen LogP contribution in [0.15, 0.2) is 70.6 Å². The standard InChI is InChI=1S/C18H14N2S2.BrH/c1-20-14-8-3-5-10-16(14)22-18(20)12-6-11-17-19-13-7-2-4-9-15(13)21-17;/h2-12H,1H3;1H. The van der Waals surface area contributed by atoms with Crippen LogP contribution in [0, 0.1) is 0 Å². The van der Waals surface area contributed by atoms with Crippen LogP contribution in [0.3, 0.4) is 0 Å². The number of hydrogen-bond acceptors (Lipinski definition) is 3. The van der Waals surface area contributed by atoms with Gasteiger partial charge in [-0.3, -0.25) is 0 Å². The number of aryl methyl sites for hydroxylation is 1. The third-order valence-electron chi connectivity index (χ3n) is 3.62. The average Bonchev–Trinajstić information content (AvgIpc) is 3.09. The quantitative estimate of drug-likeness (QED) is 0.657. The van der Waals surface area contributed by atoms with E-state index < -0.39 is 0 Å². The summed E-state index contributed by atoms with van der Waals surface area (Å²) >= 11 is 3.59. The molecule has 1 aromatic heterocycles. The fraction of sp³-hybridized carbons (Fsp3) is 0.0556. The first-order valence-corrected chi connectivity index (χ1v) is 8.74. The molecule has 3 aromatic rings. The van der Waals surface area contributed by atoms with Crippen LogP contribution in [0.2, 0.25) is 0 Å². The Morgan fingerprint density at radius 3 is 2.65 bits per heavy atom. The Morgan fingerprint density at radius 2 is 1.83 bits per heavy atom. The normalized spacial score (nSPS) is 14.9. The number of fused-ring (bicyclic) bond motifs is 2. The molecule has 2 nitrogen and oxygen atoms in total. The highest BCUT2D eigenvalue weighted by molar-refractivity contribution is 8.03. The first-order chi connectivity index (χ1) is 10.8. The highest BCUT2D eigenvalue weighted by Crippen LogP contribution is 2.40. The van der Waals surface area contributed by atoms with Gasteiger partial charge in [-0.2, -0.15) is 4.57 Å². The Hall–Kier alpha value is -1.56. The van der Waals surface area contributed by atoms with Crippen molar-refractivity contribution in [3.63, 3.8) is 0 Å². The highest BCUT2D eigenvalue weighted by atomic mass is 79.9. The Labute approximate surface area is 154 Å². The third-order valence-corrected chi connectivity index (χ3v) is 5.84.